The first-order valence-corrected chi connectivity index (χ1v) is 5.40. The highest BCUT2D eigenvalue weighted by Gasteiger charge is 2.34. The van der Waals surface area contributed by atoms with Crippen molar-refractivity contribution in [1.29, 1.82) is 0 Å². The second-order valence-electron chi connectivity index (χ2n) is 3.29. The molecule has 1 aromatic rings. The van der Waals surface area contributed by atoms with E-state index in [2.05, 4.69) is 11.8 Å². The van der Waals surface area contributed by atoms with Crippen LogP contribution in [0.3, 0.4) is 0 Å². The van der Waals surface area contributed by atoms with Crippen molar-refractivity contribution in [2.24, 2.45) is 0 Å². The molecule has 92 valence electrons. The minimum atomic E-state index is -4.70. The van der Waals surface area contributed by atoms with Crippen molar-refractivity contribution in [1.82, 2.24) is 0 Å². The summed E-state index contributed by atoms with van der Waals surface area (Å²) in [6.45, 7) is 0. The molecule has 0 aliphatic heterocycles. The van der Waals surface area contributed by atoms with Crippen LogP contribution in [0.15, 0.2) is 18.2 Å². The molecule has 5 heteroatoms. The van der Waals surface area contributed by atoms with E-state index in [0.717, 1.165) is 6.07 Å². The fourth-order valence-electron chi connectivity index (χ4n) is 1.14. The Hall–Kier alpha value is -1.21. The van der Waals surface area contributed by atoms with E-state index in [-0.39, 0.29) is 5.56 Å². The van der Waals surface area contributed by atoms with E-state index in [9.17, 15) is 17.6 Å². The molecule has 0 saturated carbocycles. The molecular formula is C12H9ClF4. The number of unbranched alkanes of at least 4 members (excludes halogenated alkanes) is 1. The summed E-state index contributed by atoms with van der Waals surface area (Å²) in [4.78, 5) is 0. The van der Waals surface area contributed by atoms with Crippen molar-refractivity contribution in [3.63, 3.8) is 0 Å². The first-order chi connectivity index (χ1) is 7.95. The van der Waals surface area contributed by atoms with E-state index in [1.54, 1.807) is 0 Å². The predicted octanol–water partition coefficient (Wildman–Crippen LogP) is 4.22. The van der Waals surface area contributed by atoms with Gasteiger partial charge in [0, 0.05) is 17.9 Å². The maximum Gasteiger partial charge on any atom is 0.419 e. The van der Waals surface area contributed by atoms with E-state index in [1.807, 2.05) is 0 Å². The molecule has 0 nitrogen and oxygen atoms in total. The standard InChI is InChI=1S/C12H9ClF4/c13-7-3-1-2-4-9-5-6-11(14)10(8-9)12(15,16)17/h5-6,8H,1,3,7H2. The van der Waals surface area contributed by atoms with Gasteiger partial charge in [-0.1, -0.05) is 11.8 Å². The maximum absolute atomic E-state index is 12.9. The van der Waals surface area contributed by atoms with E-state index >= 15 is 0 Å². The average Bonchev–Trinajstić information content (AvgIpc) is 2.25. The SMILES string of the molecule is Fc1ccc(C#CCCCCl)cc1C(F)(F)F. The van der Waals surface area contributed by atoms with Crippen LogP contribution in [0.4, 0.5) is 17.6 Å². The Kier molecular flexibility index (Phi) is 4.83. The van der Waals surface area contributed by atoms with Crippen LogP contribution in [0, 0.1) is 17.7 Å². The number of rotatable bonds is 2. The van der Waals surface area contributed by atoms with Crippen molar-refractivity contribution in [3.8, 4) is 11.8 Å². The van der Waals surface area contributed by atoms with Gasteiger partial charge in [0.1, 0.15) is 5.82 Å². The van der Waals surface area contributed by atoms with Crippen molar-refractivity contribution in [2.45, 2.75) is 19.0 Å². The van der Waals surface area contributed by atoms with Crippen LogP contribution in [0.25, 0.3) is 0 Å². The van der Waals surface area contributed by atoms with Gasteiger partial charge in [-0.2, -0.15) is 13.2 Å². The van der Waals surface area contributed by atoms with Crippen molar-refractivity contribution < 1.29 is 17.6 Å². The first-order valence-electron chi connectivity index (χ1n) is 4.86. The molecule has 0 spiro atoms. The topological polar surface area (TPSA) is 0 Å². The largest absolute Gasteiger partial charge is 0.419 e. The summed E-state index contributed by atoms with van der Waals surface area (Å²) in [6, 6.07) is 2.70. The Balaban J connectivity index is 2.92. The molecule has 0 unspecified atom stereocenters. The number of alkyl halides is 4. The summed E-state index contributed by atoms with van der Waals surface area (Å²) in [5.41, 5.74) is -1.14. The van der Waals surface area contributed by atoms with Gasteiger partial charge in [0.05, 0.1) is 5.56 Å². The maximum atomic E-state index is 12.9. The molecule has 0 aliphatic rings. The lowest BCUT2D eigenvalue weighted by atomic mass is 10.1. The summed E-state index contributed by atoms with van der Waals surface area (Å²) in [6.07, 6.45) is -3.53. The van der Waals surface area contributed by atoms with Crippen LogP contribution in [-0.2, 0) is 6.18 Å². The fourth-order valence-corrected chi connectivity index (χ4v) is 1.27. The monoisotopic (exact) mass is 264 g/mol. The zero-order chi connectivity index (χ0) is 12.9. The molecule has 0 atom stereocenters. The second kappa shape index (κ2) is 5.92. The number of halogens is 5. The Bertz CT molecular complexity index is 440. The third-order valence-corrected chi connectivity index (χ3v) is 2.21. The average molecular weight is 265 g/mol. The summed E-state index contributed by atoms with van der Waals surface area (Å²) < 4.78 is 50.0. The minimum absolute atomic E-state index is 0.147. The highest BCUT2D eigenvalue weighted by molar-refractivity contribution is 6.17. The second-order valence-corrected chi connectivity index (χ2v) is 3.66. The van der Waals surface area contributed by atoms with E-state index in [1.165, 1.54) is 6.07 Å². The molecule has 0 aromatic heterocycles. The Morgan fingerprint density at radius 2 is 1.94 bits per heavy atom. The summed E-state index contributed by atoms with van der Waals surface area (Å²) >= 11 is 5.42. The molecule has 1 aromatic carbocycles. The van der Waals surface area contributed by atoms with Gasteiger partial charge in [-0.25, -0.2) is 4.39 Å². The molecule has 17 heavy (non-hydrogen) atoms. The first kappa shape index (κ1) is 13.9. The van der Waals surface area contributed by atoms with Gasteiger partial charge in [0.25, 0.3) is 0 Å². The Morgan fingerprint density at radius 1 is 1.24 bits per heavy atom. The van der Waals surface area contributed by atoms with E-state index in [0.29, 0.717) is 24.8 Å². The molecule has 0 N–H and O–H groups in total. The van der Waals surface area contributed by atoms with Gasteiger partial charge in [0.15, 0.2) is 0 Å². The fraction of sp³-hybridized carbons (Fsp3) is 0.333. The van der Waals surface area contributed by atoms with Gasteiger partial charge < -0.3 is 0 Å². The van der Waals surface area contributed by atoms with Crippen molar-refractivity contribution in [3.05, 3.63) is 35.1 Å². The molecule has 0 saturated heterocycles. The molecule has 0 heterocycles. The van der Waals surface area contributed by atoms with E-state index < -0.39 is 17.6 Å². The van der Waals surface area contributed by atoms with Gasteiger partial charge in [0.2, 0.25) is 0 Å². The molecule has 1 rings (SSSR count). The molecule has 0 bridgehead atoms. The van der Waals surface area contributed by atoms with Crippen LogP contribution in [0.1, 0.15) is 24.0 Å². The third-order valence-electron chi connectivity index (χ3n) is 1.94. The highest BCUT2D eigenvalue weighted by atomic mass is 35.5. The van der Waals surface area contributed by atoms with E-state index in [4.69, 9.17) is 11.6 Å². The van der Waals surface area contributed by atoms with Gasteiger partial charge in [-0.05, 0) is 24.6 Å². The summed E-state index contributed by atoms with van der Waals surface area (Å²) in [5.74, 6) is 4.38. The zero-order valence-electron chi connectivity index (χ0n) is 8.74. The lowest BCUT2D eigenvalue weighted by Crippen LogP contribution is -2.08. The van der Waals surface area contributed by atoms with Gasteiger partial charge in [-0.3, -0.25) is 0 Å². The summed E-state index contributed by atoms with van der Waals surface area (Å²) in [7, 11) is 0. The predicted molar refractivity (Wildman–Crippen MR) is 58.2 cm³/mol. The van der Waals surface area contributed by atoms with Crippen LogP contribution in [0.5, 0.6) is 0 Å². The number of benzene rings is 1. The molecule has 0 fully saturated rings. The normalized spacial score (nSPS) is 10.9. The third kappa shape index (κ3) is 4.27. The lowest BCUT2D eigenvalue weighted by Gasteiger charge is -2.07. The minimum Gasteiger partial charge on any atom is -0.206 e. The Labute approximate surface area is 102 Å². The van der Waals surface area contributed by atoms with Crippen LogP contribution in [-0.4, -0.2) is 5.88 Å². The highest BCUT2D eigenvalue weighted by Crippen LogP contribution is 2.31. The van der Waals surface area contributed by atoms with Crippen molar-refractivity contribution >= 4 is 11.6 Å². The molecule has 0 amide bonds. The van der Waals surface area contributed by atoms with Crippen LogP contribution < -0.4 is 0 Å². The van der Waals surface area contributed by atoms with Crippen molar-refractivity contribution in [2.75, 3.05) is 5.88 Å². The molecular weight excluding hydrogens is 256 g/mol. The quantitative estimate of drug-likeness (QED) is 0.325. The number of hydrogen-bond donors (Lipinski definition) is 0. The van der Waals surface area contributed by atoms with Gasteiger partial charge >= 0.3 is 6.18 Å². The smallest absolute Gasteiger partial charge is 0.206 e. The molecule has 0 radical (unpaired) electrons. The van der Waals surface area contributed by atoms with Crippen LogP contribution in [0.2, 0.25) is 0 Å². The lowest BCUT2D eigenvalue weighted by molar-refractivity contribution is -0.140. The van der Waals surface area contributed by atoms with Crippen LogP contribution >= 0.6 is 11.6 Å². The molecule has 0 aliphatic carbocycles. The number of hydrogen-bond acceptors (Lipinski definition) is 0. The van der Waals surface area contributed by atoms with Gasteiger partial charge in [-0.15, -0.1) is 11.6 Å². The Morgan fingerprint density at radius 3 is 2.53 bits per heavy atom. The zero-order valence-corrected chi connectivity index (χ0v) is 9.50. The summed E-state index contributed by atoms with van der Waals surface area (Å²) in [5, 5.41) is 0.